The monoisotopic (exact) mass is 299 g/mol. The van der Waals surface area contributed by atoms with Gasteiger partial charge in [0.1, 0.15) is 5.69 Å². The van der Waals surface area contributed by atoms with Crippen molar-refractivity contribution >= 4 is 29.5 Å². The van der Waals surface area contributed by atoms with Crippen molar-refractivity contribution in [3.63, 3.8) is 0 Å². The highest BCUT2D eigenvalue weighted by Gasteiger charge is 2.13. The summed E-state index contributed by atoms with van der Waals surface area (Å²) < 4.78 is 4.70. The number of aromatic nitrogens is 1. The van der Waals surface area contributed by atoms with E-state index in [1.165, 1.54) is 18.3 Å². The summed E-state index contributed by atoms with van der Waals surface area (Å²) in [7, 11) is 0. The van der Waals surface area contributed by atoms with E-state index >= 15 is 0 Å². The fraction of sp³-hybridized carbons (Fsp3) is 0.333. The molecule has 0 aliphatic carbocycles. The van der Waals surface area contributed by atoms with Crippen LogP contribution >= 0.6 is 11.6 Å². The molecule has 108 valence electrons. The van der Waals surface area contributed by atoms with Gasteiger partial charge in [-0.25, -0.2) is 14.6 Å². The normalized spacial score (nSPS) is 10.0. The molecule has 1 rings (SSSR count). The molecule has 0 aromatic carbocycles. The number of hydrogen-bond acceptors (Lipinski definition) is 5. The smallest absolute Gasteiger partial charge is 0.357 e. The van der Waals surface area contributed by atoms with E-state index < -0.39 is 24.5 Å². The van der Waals surface area contributed by atoms with Crippen LogP contribution in [-0.2, 0) is 9.53 Å². The molecule has 0 unspecified atom stereocenters. The van der Waals surface area contributed by atoms with Gasteiger partial charge in [0.25, 0.3) is 5.91 Å². The van der Waals surface area contributed by atoms with Crippen LogP contribution in [0.5, 0.6) is 0 Å². The topological polar surface area (TPSA) is 97.4 Å². The van der Waals surface area contributed by atoms with Gasteiger partial charge >= 0.3 is 12.0 Å². The maximum Gasteiger partial charge on any atom is 0.357 e. The number of esters is 1. The van der Waals surface area contributed by atoms with E-state index in [1.807, 2.05) is 5.32 Å². The van der Waals surface area contributed by atoms with Crippen LogP contribution in [0.25, 0.3) is 0 Å². The zero-order valence-electron chi connectivity index (χ0n) is 11.0. The Morgan fingerprint density at radius 2 is 2.10 bits per heavy atom. The molecule has 0 aliphatic heterocycles. The van der Waals surface area contributed by atoms with Gasteiger partial charge in [0.15, 0.2) is 6.61 Å². The van der Waals surface area contributed by atoms with E-state index in [4.69, 9.17) is 16.3 Å². The summed E-state index contributed by atoms with van der Waals surface area (Å²) in [6, 6.07) is 2.05. The fourth-order valence-corrected chi connectivity index (χ4v) is 1.34. The molecule has 7 nitrogen and oxygen atoms in total. The lowest BCUT2D eigenvalue weighted by Gasteiger charge is -2.09. The molecule has 0 aliphatic rings. The number of pyridine rings is 1. The van der Waals surface area contributed by atoms with Crippen LogP contribution in [0, 0.1) is 0 Å². The highest BCUT2D eigenvalue weighted by Crippen LogP contribution is 2.08. The Bertz CT molecular complexity index is 519. The van der Waals surface area contributed by atoms with Gasteiger partial charge in [0.05, 0.1) is 0 Å². The quantitative estimate of drug-likeness (QED) is 0.812. The Kier molecular flexibility index (Phi) is 5.92. The Hall–Kier alpha value is -2.15. The SMILES string of the molecule is CC(C)NC(=O)NC(=O)COC(=O)c1cc(Cl)ccn1. The first-order chi connectivity index (χ1) is 9.38. The summed E-state index contributed by atoms with van der Waals surface area (Å²) in [5.74, 6) is -1.54. The first kappa shape index (κ1) is 15.9. The summed E-state index contributed by atoms with van der Waals surface area (Å²) in [5.41, 5.74) is -0.0167. The van der Waals surface area contributed by atoms with Crippen LogP contribution in [0.3, 0.4) is 0 Å². The second-order valence-corrected chi connectivity index (χ2v) is 4.55. The number of urea groups is 1. The van der Waals surface area contributed by atoms with Crippen molar-refractivity contribution in [2.75, 3.05) is 6.61 Å². The predicted molar refractivity (Wildman–Crippen MR) is 71.3 cm³/mol. The molecule has 0 spiro atoms. The number of imide groups is 1. The van der Waals surface area contributed by atoms with Crippen LogP contribution < -0.4 is 10.6 Å². The van der Waals surface area contributed by atoms with Gasteiger partial charge in [0.2, 0.25) is 0 Å². The number of carbonyl (C=O) groups is 3. The number of nitrogens with zero attached hydrogens (tertiary/aromatic N) is 1. The molecule has 1 heterocycles. The van der Waals surface area contributed by atoms with E-state index in [0.29, 0.717) is 5.02 Å². The lowest BCUT2D eigenvalue weighted by Crippen LogP contribution is -2.44. The molecule has 0 bridgehead atoms. The number of halogens is 1. The maximum absolute atomic E-state index is 11.5. The molecule has 2 N–H and O–H groups in total. The van der Waals surface area contributed by atoms with Crippen molar-refractivity contribution in [3.05, 3.63) is 29.0 Å². The van der Waals surface area contributed by atoms with E-state index in [9.17, 15) is 14.4 Å². The van der Waals surface area contributed by atoms with Crippen LogP contribution in [0.2, 0.25) is 5.02 Å². The number of amides is 3. The van der Waals surface area contributed by atoms with Crippen molar-refractivity contribution in [2.45, 2.75) is 19.9 Å². The fourth-order valence-electron chi connectivity index (χ4n) is 1.18. The lowest BCUT2D eigenvalue weighted by atomic mass is 10.3. The zero-order chi connectivity index (χ0) is 15.1. The minimum absolute atomic E-state index is 0.0167. The molecule has 8 heteroatoms. The van der Waals surface area contributed by atoms with E-state index in [-0.39, 0.29) is 11.7 Å². The Labute approximate surface area is 120 Å². The Morgan fingerprint density at radius 3 is 2.70 bits per heavy atom. The Balaban J connectivity index is 2.41. The minimum atomic E-state index is -0.799. The van der Waals surface area contributed by atoms with Crippen LogP contribution in [0.4, 0.5) is 4.79 Å². The molecule has 0 saturated carbocycles. The number of rotatable bonds is 4. The van der Waals surface area contributed by atoms with Crippen LogP contribution in [0.1, 0.15) is 24.3 Å². The van der Waals surface area contributed by atoms with Gasteiger partial charge in [-0.1, -0.05) is 11.6 Å². The van der Waals surface area contributed by atoms with Gasteiger partial charge in [-0.15, -0.1) is 0 Å². The molecular weight excluding hydrogens is 286 g/mol. The van der Waals surface area contributed by atoms with E-state index in [1.54, 1.807) is 13.8 Å². The summed E-state index contributed by atoms with van der Waals surface area (Å²) in [5, 5.41) is 4.80. The summed E-state index contributed by atoms with van der Waals surface area (Å²) in [4.78, 5) is 37.8. The number of nitrogens with one attached hydrogen (secondary N) is 2. The average Bonchev–Trinajstić information content (AvgIpc) is 2.34. The number of hydrogen-bond donors (Lipinski definition) is 2. The third kappa shape index (κ3) is 5.66. The van der Waals surface area contributed by atoms with Gasteiger partial charge in [-0.05, 0) is 26.0 Å². The molecule has 0 fully saturated rings. The zero-order valence-corrected chi connectivity index (χ0v) is 11.7. The van der Waals surface area contributed by atoms with Crippen molar-refractivity contribution in [1.29, 1.82) is 0 Å². The molecule has 1 aromatic heterocycles. The molecule has 0 radical (unpaired) electrons. The van der Waals surface area contributed by atoms with Crippen molar-refractivity contribution in [2.24, 2.45) is 0 Å². The summed E-state index contributed by atoms with van der Waals surface area (Å²) >= 11 is 5.69. The highest BCUT2D eigenvalue weighted by atomic mass is 35.5. The van der Waals surface area contributed by atoms with Crippen molar-refractivity contribution in [3.8, 4) is 0 Å². The van der Waals surface area contributed by atoms with E-state index in [2.05, 4.69) is 10.3 Å². The van der Waals surface area contributed by atoms with Crippen molar-refractivity contribution < 1.29 is 19.1 Å². The molecular formula is C12H14ClN3O4. The van der Waals surface area contributed by atoms with Crippen LogP contribution in [0.15, 0.2) is 18.3 Å². The number of ether oxygens (including phenoxy) is 1. The van der Waals surface area contributed by atoms with Gasteiger partial charge in [-0.3, -0.25) is 10.1 Å². The second kappa shape index (κ2) is 7.44. The molecule has 0 saturated heterocycles. The van der Waals surface area contributed by atoms with Crippen molar-refractivity contribution in [1.82, 2.24) is 15.6 Å². The minimum Gasteiger partial charge on any atom is -0.451 e. The first-order valence-electron chi connectivity index (χ1n) is 5.77. The average molecular weight is 300 g/mol. The third-order valence-electron chi connectivity index (χ3n) is 1.94. The molecule has 3 amide bonds. The summed E-state index contributed by atoms with van der Waals surface area (Å²) in [6.07, 6.45) is 1.34. The van der Waals surface area contributed by atoms with Gasteiger partial charge in [0, 0.05) is 17.3 Å². The third-order valence-corrected chi connectivity index (χ3v) is 2.17. The maximum atomic E-state index is 11.5. The second-order valence-electron chi connectivity index (χ2n) is 4.11. The highest BCUT2D eigenvalue weighted by molar-refractivity contribution is 6.30. The summed E-state index contributed by atoms with van der Waals surface area (Å²) in [6.45, 7) is 2.91. The number of carbonyl (C=O) groups excluding carboxylic acids is 3. The first-order valence-corrected chi connectivity index (χ1v) is 6.15. The largest absolute Gasteiger partial charge is 0.451 e. The lowest BCUT2D eigenvalue weighted by molar-refractivity contribution is -0.123. The molecule has 1 aromatic rings. The van der Waals surface area contributed by atoms with Gasteiger partial charge in [-0.2, -0.15) is 0 Å². The van der Waals surface area contributed by atoms with E-state index in [0.717, 1.165) is 0 Å². The molecule has 0 atom stereocenters. The molecule has 20 heavy (non-hydrogen) atoms. The standard InChI is InChI=1S/C12H14ClN3O4/c1-7(2)15-12(19)16-10(17)6-20-11(18)9-5-8(13)3-4-14-9/h3-5,7H,6H2,1-2H3,(H2,15,16,17,19). The van der Waals surface area contributed by atoms with Crippen LogP contribution in [-0.4, -0.2) is 35.5 Å². The predicted octanol–water partition coefficient (Wildman–Crippen LogP) is 1.13. The Morgan fingerprint density at radius 1 is 1.40 bits per heavy atom. The van der Waals surface area contributed by atoms with Gasteiger partial charge < -0.3 is 10.1 Å².